The fourth-order valence-electron chi connectivity index (χ4n) is 5.13. The van der Waals surface area contributed by atoms with Gasteiger partial charge in [-0.15, -0.1) is 0 Å². The van der Waals surface area contributed by atoms with Crippen LogP contribution in [0.2, 0.25) is 0 Å². The van der Waals surface area contributed by atoms with E-state index in [1.54, 1.807) is 23.1 Å². The molecule has 0 saturated heterocycles. The molecule has 2 aliphatic rings. The van der Waals surface area contributed by atoms with Gasteiger partial charge in [0.25, 0.3) is 5.91 Å². The summed E-state index contributed by atoms with van der Waals surface area (Å²) >= 11 is 0. The number of hydrogen-bond acceptors (Lipinski definition) is 7. The second-order valence-corrected chi connectivity index (χ2v) is 8.89. The van der Waals surface area contributed by atoms with E-state index in [-0.39, 0.29) is 30.5 Å². The van der Waals surface area contributed by atoms with Crippen LogP contribution in [-0.2, 0) is 17.9 Å². The molecule has 1 aliphatic heterocycles. The fraction of sp³-hybridized carbons (Fsp3) is 0.346. The van der Waals surface area contributed by atoms with Gasteiger partial charge in [-0.25, -0.2) is 4.98 Å². The molecule has 1 aromatic carbocycles. The van der Waals surface area contributed by atoms with E-state index in [4.69, 9.17) is 15.7 Å². The van der Waals surface area contributed by atoms with E-state index in [1.807, 2.05) is 19.1 Å². The van der Waals surface area contributed by atoms with Gasteiger partial charge in [0.05, 0.1) is 48.0 Å². The zero-order chi connectivity index (χ0) is 23.8. The van der Waals surface area contributed by atoms with E-state index in [0.717, 1.165) is 41.3 Å². The van der Waals surface area contributed by atoms with Gasteiger partial charge in [0.2, 0.25) is 0 Å². The van der Waals surface area contributed by atoms with E-state index in [0.29, 0.717) is 29.2 Å². The van der Waals surface area contributed by atoms with E-state index < -0.39 is 0 Å². The molecule has 0 bridgehead atoms. The number of pyridine rings is 2. The van der Waals surface area contributed by atoms with Crippen molar-refractivity contribution < 1.29 is 9.53 Å². The first kappa shape index (κ1) is 21.8. The number of nitriles is 2. The molecule has 1 amide bonds. The molecule has 34 heavy (non-hydrogen) atoms. The van der Waals surface area contributed by atoms with Crippen LogP contribution in [0.15, 0.2) is 36.5 Å². The molecular weight excluding hydrogens is 428 g/mol. The van der Waals surface area contributed by atoms with Crippen LogP contribution >= 0.6 is 0 Å². The number of hydrogen-bond donors (Lipinski definition) is 1. The maximum absolute atomic E-state index is 13.9. The van der Waals surface area contributed by atoms with Crippen LogP contribution in [0.4, 0.5) is 5.82 Å². The number of nitrogen functional groups attached to an aromatic ring is 1. The zero-order valence-corrected chi connectivity index (χ0v) is 18.9. The third-order valence-electron chi connectivity index (χ3n) is 6.89. The number of amides is 1. The van der Waals surface area contributed by atoms with Crippen LogP contribution in [0.3, 0.4) is 0 Å². The van der Waals surface area contributed by atoms with E-state index in [2.05, 4.69) is 22.1 Å². The largest absolute Gasteiger partial charge is 0.383 e. The monoisotopic (exact) mass is 452 g/mol. The van der Waals surface area contributed by atoms with Crippen molar-refractivity contribution in [1.82, 2.24) is 14.9 Å². The smallest absolute Gasteiger partial charge is 0.254 e. The maximum atomic E-state index is 13.9. The van der Waals surface area contributed by atoms with Gasteiger partial charge in [0, 0.05) is 28.8 Å². The van der Waals surface area contributed by atoms with E-state index in [1.165, 1.54) is 6.20 Å². The Morgan fingerprint density at radius 1 is 1.26 bits per heavy atom. The Kier molecular flexibility index (Phi) is 5.61. The molecule has 8 nitrogen and oxygen atoms in total. The molecule has 0 radical (unpaired) electrons. The van der Waals surface area contributed by atoms with Crippen LogP contribution in [0.25, 0.3) is 10.9 Å². The molecule has 3 heterocycles. The number of nitrogens with two attached hydrogens (primary N) is 1. The van der Waals surface area contributed by atoms with Gasteiger partial charge in [-0.3, -0.25) is 9.78 Å². The lowest BCUT2D eigenvalue weighted by Gasteiger charge is -2.31. The molecular formula is C26H24N6O2. The summed E-state index contributed by atoms with van der Waals surface area (Å²) in [4.78, 5) is 24.5. The van der Waals surface area contributed by atoms with Crippen LogP contribution in [0, 0.1) is 28.6 Å². The van der Waals surface area contributed by atoms with Crippen LogP contribution in [0.1, 0.15) is 65.0 Å². The molecule has 2 aromatic heterocycles. The van der Waals surface area contributed by atoms with Crippen molar-refractivity contribution in [2.24, 2.45) is 5.92 Å². The van der Waals surface area contributed by atoms with Crippen molar-refractivity contribution >= 4 is 22.6 Å². The van der Waals surface area contributed by atoms with Gasteiger partial charge in [0.15, 0.2) is 0 Å². The number of aromatic nitrogens is 2. The quantitative estimate of drug-likeness (QED) is 0.633. The lowest BCUT2D eigenvalue weighted by Crippen LogP contribution is -2.41. The Hall–Kier alpha value is -4.01. The Balaban J connectivity index is 1.54. The molecule has 8 heteroatoms. The van der Waals surface area contributed by atoms with Crippen LogP contribution < -0.4 is 5.73 Å². The van der Waals surface area contributed by atoms with Crippen molar-refractivity contribution in [3.63, 3.8) is 0 Å². The summed E-state index contributed by atoms with van der Waals surface area (Å²) in [6.07, 6.45) is 3.81. The average molecular weight is 453 g/mol. The molecule has 1 fully saturated rings. The van der Waals surface area contributed by atoms with Crippen LogP contribution in [0.5, 0.6) is 0 Å². The molecule has 170 valence electrons. The van der Waals surface area contributed by atoms with Gasteiger partial charge in [-0.2, -0.15) is 10.5 Å². The summed E-state index contributed by atoms with van der Waals surface area (Å²) in [5.74, 6) is 0.0865. The summed E-state index contributed by atoms with van der Waals surface area (Å²) < 4.78 is 5.79. The molecule has 0 unspecified atom stereocenters. The standard InChI is InChI=1S/C26H24N6O2/c1-15-24-21(14-34-15)20-9-17(6-8-22(20)31-25(24)29)26(33)32(23-4-2-3-18(23)11-28)13-19-7-5-16(10-27)12-30-19/h5-9,12,15,18,23H,2-4,13-14H2,1H3,(H2,29,31)/t15-,18-,23+/m0/s1. The second kappa shape index (κ2) is 8.74. The summed E-state index contributed by atoms with van der Waals surface area (Å²) in [6, 6.07) is 13.1. The number of benzene rings is 1. The predicted octanol–water partition coefficient (Wildman–Crippen LogP) is 4.01. The normalized spacial score (nSPS) is 21.1. The topological polar surface area (TPSA) is 129 Å². The second-order valence-electron chi connectivity index (χ2n) is 8.89. The maximum Gasteiger partial charge on any atom is 0.254 e. The van der Waals surface area contributed by atoms with E-state index >= 15 is 0 Å². The lowest BCUT2D eigenvalue weighted by atomic mass is 9.98. The highest BCUT2D eigenvalue weighted by molar-refractivity contribution is 5.99. The summed E-state index contributed by atoms with van der Waals surface area (Å²) in [5.41, 5.74) is 10.4. The number of anilines is 1. The zero-order valence-electron chi connectivity index (χ0n) is 18.9. The number of rotatable bonds is 4. The van der Waals surface area contributed by atoms with Gasteiger partial charge >= 0.3 is 0 Å². The van der Waals surface area contributed by atoms with Crippen LogP contribution in [-0.4, -0.2) is 26.8 Å². The number of fused-ring (bicyclic) bond motifs is 3. The van der Waals surface area contributed by atoms with Crippen molar-refractivity contribution in [2.45, 2.75) is 51.5 Å². The average Bonchev–Trinajstić information content (AvgIpc) is 3.49. The molecule has 1 aliphatic carbocycles. The third-order valence-corrected chi connectivity index (χ3v) is 6.89. The number of carbonyl (C=O) groups excluding carboxylic acids is 1. The Labute approximate surface area is 197 Å². The molecule has 1 saturated carbocycles. The molecule has 3 aromatic rings. The predicted molar refractivity (Wildman–Crippen MR) is 125 cm³/mol. The summed E-state index contributed by atoms with van der Waals surface area (Å²) in [6.45, 7) is 2.64. The summed E-state index contributed by atoms with van der Waals surface area (Å²) in [5, 5.41) is 19.6. The van der Waals surface area contributed by atoms with Crippen molar-refractivity contribution in [1.29, 1.82) is 10.5 Å². The highest BCUT2D eigenvalue weighted by atomic mass is 16.5. The van der Waals surface area contributed by atoms with Crippen molar-refractivity contribution in [3.8, 4) is 12.1 Å². The minimum Gasteiger partial charge on any atom is -0.383 e. The van der Waals surface area contributed by atoms with Gasteiger partial charge in [0.1, 0.15) is 11.9 Å². The van der Waals surface area contributed by atoms with Gasteiger partial charge in [-0.1, -0.05) is 0 Å². The SMILES string of the molecule is C[C@@H]1OCc2c1c(N)nc1ccc(C(=O)N(Cc3ccc(C#N)cn3)[C@@H]3CCC[C@H]3C#N)cc21. The van der Waals surface area contributed by atoms with Gasteiger partial charge < -0.3 is 15.4 Å². The van der Waals surface area contributed by atoms with E-state index in [9.17, 15) is 10.1 Å². The Morgan fingerprint density at radius 3 is 2.85 bits per heavy atom. The summed E-state index contributed by atoms with van der Waals surface area (Å²) in [7, 11) is 0. The Morgan fingerprint density at radius 2 is 2.12 bits per heavy atom. The first-order valence-electron chi connectivity index (χ1n) is 11.4. The molecule has 5 rings (SSSR count). The Bertz CT molecular complexity index is 1350. The van der Waals surface area contributed by atoms with Gasteiger partial charge in [-0.05, 0) is 62.1 Å². The third kappa shape index (κ3) is 3.72. The number of carbonyl (C=O) groups is 1. The molecule has 3 atom stereocenters. The van der Waals surface area contributed by atoms with Crippen molar-refractivity contribution in [2.75, 3.05) is 5.73 Å². The highest BCUT2D eigenvalue weighted by Gasteiger charge is 2.36. The molecule has 2 N–H and O–H groups in total. The minimum absolute atomic E-state index is 0.139. The number of nitrogens with zero attached hydrogens (tertiary/aromatic N) is 5. The fourth-order valence-corrected chi connectivity index (χ4v) is 5.13. The molecule has 0 spiro atoms. The first-order valence-corrected chi connectivity index (χ1v) is 11.4. The first-order chi connectivity index (χ1) is 16.5. The minimum atomic E-state index is -0.220. The lowest BCUT2D eigenvalue weighted by molar-refractivity contribution is 0.0636. The highest BCUT2D eigenvalue weighted by Crippen LogP contribution is 2.38. The van der Waals surface area contributed by atoms with Crippen molar-refractivity contribution in [3.05, 3.63) is 64.5 Å². The number of ether oxygens (including phenoxy) is 1.